The van der Waals surface area contributed by atoms with E-state index in [2.05, 4.69) is 0 Å². The summed E-state index contributed by atoms with van der Waals surface area (Å²) in [6, 6.07) is 9.30. The van der Waals surface area contributed by atoms with Crippen molar-refractivity contribution in [1.29, 1.82) is 5.26 Å². The van der Waals surface area contributed by atoms with Gasteiger partial charge in [-0.3, -0.25) is 4.79 Å². The number of hydrogen-bond acceptors (Lipinski definition) is 4. The number of Topliss-reactive ketones (excluding diaryl/α,β-unsaturated/α-hetero) is 1. The number of benzene rings is 1. The van der Waals surface area contributed by atoms with Crippen molar-refractivity contribution in [2.24, 2.45) is 0 Å². The fraction of sp³-hybridized carbons (Fsp3) is 0.333. The van der Waals surface area contributed by atoms with E-state index in [0.717, 1.165) is 11.4 Å². The molecular weight excluding hydrogens is 204 g/mol. The Morgan fingerprint density at radius 1 is 1.50 bits per heavy atom. The highest BCUT2D eigenvalue weighted by molar-refractivity contribution is 5.85. The lowest BCUT2D eigenvalue weighted by Crippen LogP contribution is -2.25. The first-order valence-electron chi connectivity index (χ1n) is 4.92. The molecule has 16 heavy (non-hydrogen) atoms. The molecule has 0 N–H and O–H groups in total. The fourth-order valence-electron chi connectivity index (χ4n) is 1.44. The highest BCUT2D eigenvalue weighted by Crippen LogP contribution is 2.26. The third-order valence-electron chi connectivity index (χ3n) is 2.19. The Bertz CT molecular complexity index is 410. The number of rotatable bonds is 5. The summed E-state index contributed by atoms with van der Waals surface area (Å²) in [4.78, 5) is 13.1. The van der Waals surface area contributed by atoms with Gasteiger partial charge in [0.2, 0.25) is 0 Å². The SMILES string of the molecule is COc1ccccc1N(C)CC(=O)CC#N. The quantitative estimate of drug-likeness (QED) is 0.753. The van der Waals surface area contributed by atoms with Crippen LogP contribution in [0.1, 0.15) is 6.42 Å². The van der Waals surface area contributed by atoms with E-state index in [0.29, 0.717) is 0 Å². The largest absolute Gasteiger partial charge is 0.495 e. The minimum absolute atomic E-state index is 0.0561. The van der Waals surface area contributed by atoms with Crippen molar-refractivity contribution in [3.05, 3.63) is 24.3 Å². The van der Waals surface area contributed by atoms with E-state index in [1.54, 1.807) is 19.1 Å². The predicted octanol–water partition coefficient (Wildman–Crippen LogP) is 1.61. The smallest absolute Gasteiger partial charge is 0.166 e. The number of hydrogen-bond donors (Lipinski definition) is 0. The molecule has 0 bridgehead atoms. The number of nitrogens with zero attached hydrogens (tertiary/aromatic N) is 2. The van der Waals surface area contributed by atoms with E-state index in [4.69, 9.17) is 10.00 Å². The Kier molecular flexibility index (Phi) is 4.34. The van der Waals surface area contributed by atoms with Gasteiger partial charge in [-0.2, -0.15) is 5.26 Å². The highest BCUT2D eigenvalue weighted by atomic mass is 16.5. The number of methoxy groups -OCH3 is 1. The van der Waals surface area contributed by atoms with Crippen molar-refractivity contribution in [2.75, 3.05) is 25.6 Å². The predicted molar refractivity (Wildman–Crippen MR) is 61.5 cm³/mol. The third-order valence-corrected chi connectivity index (χ3v) is 2.19. The number of ketones is 1. The number of carbonyl (C=O) groups is 1. The number of likely N-dealkylation sites (N-methyl/N-ethyl adjacent to an activating group) is 1. The fourth-order valence-corrected chi connectivity index (χ4v) is 1.44. The van der Waals surface area contributed by atoms with Crippen LogP contribution in [-0.2, 0) is 4.79 Å². The van der Waals surface area contributed by atoms with Crippen LogP contribution in [0.5, 0.6) is 5.75 Å². The average molecular weight is 218 g/mol. The topological polar surface area (TPSA) is 53.3 Å². The van der Waals surface area contributed by atoms with Crippen molar-refractivity contribution < 1.29 is 9.53 Å². The average Bonchev–Trinajstić information content (AvgIpc) is 2.29. The number of carbonyl (C=O) groups excluding carboxylic acids is 1. The number of para-hydroxylation sites is 2. The van der Waals surface area contributed by atoms with Gasteiger partial charge in [-0.1, -0.05) is 12.1 Å². The molecule has 0 aliphatic heterocycles. The number of nitriles is 1. The second-order valence-corrected chi connectivity index (χ2v) is 3.40. The molecule has 1 aromatic carbocycles. The van der Waals surface area contributed by atoms with E-state index >= 15 is 0 Å². The molecule has 84 valence electrons. The van der Waals surface area contributed by atoms with E-state index in [1.165, 1.54) is 0 Å². The summed E-state index contributed by atoms with van der Waals surface area (Å²) < 4.78 is 5.19. The Balaban J connectivity index is 2.76. The maximum absolute atomic E-state index is 11.3. The summed E-state index contributed by atoms with van der Waals surface area (Å²) in [6.07, 6.45) is -0.0561. The molecule has 0 amide bonds. The van der Waals surface area contributed by atoms with Gasteiger partial charge in [0.25, 0.3) is 0 Å². The van der Waals surface area contributed by atoms with Gasteiger partial charge >= 0.3 is 0 Å². The van der Waals surface area contributed by atoms with Gasteiger partial charge in [-0.25, -0.2) is 0 Å². The first kappa shape index (κ1) is 12.1. The van der Waals surface area contributed by atoms with E-state index in [1.807, 2.05) is 30.3 Å². The molecular formula is C12H14N2O2. The third kappa shape index (κ3) is 2.99. The van der Waals surface area contributed by atoms with Gasteiger partial charge in [0.1, 0.15) is 5.75 Å². The summed E-state index contributed by atoms with van der Waals surface area (Å²) in [5.74, 6) is 0.616. The molecule has 0 saturated heterocycles. The molecule has 0 heterocycles. The summed E-state index contributed by atoms with van der Waals surface area (Å²) in [5, 5.41) is 8.41. The van der Waals surface area contributed by atoms with Gasteiger partial charge < -0.3 is 9.64 Å². The van der Waals surface area contributed by atoms with Crippen LogP contribution < -0.4 is 9.64 Å². The van der Waals surface area contributed by atoms with Gasteiger partial charge in [0, 0.05) is 7.05 Å². The van der Waals surface area contributed by atoms with E-state index < -0.39 is 0 Å². The van der Waals surface area contributed by atoms with E-state index in [-0.39, 0.29) is 18.7 Å². The summed E-state index contributed by atoms with van der Waals surface area (Å²) in [7, 11) is 3.39. The Morgan fingerprint density at radius 2 is 2.19 bits per heavy atom. The summed E-state index contributed by atoms with van der Waals surface area (Å²) in [5.41, 5.74) is 0.844. The molecule has 1 rings (SSSR count). The summed E-state index contributed by atoms with van der Waals surface area (Å²) >= 11 is 0. The molecule has 0 aliphatic carbocycles. The van der Waals surface area contributed by atoms with Gasteiger partial charge in [0.15, 0.2) is 5.78 Å². The van der Waals surface area contributed by atoms with Crippen molar-refractivity contribution in [1.82, 2.24) is 0 Å². The van der Waals surface area contributed by atoms with Crippen molar-refractivity contribution in [2.45, 2.75) is 6.42 Å². The Hall–Kier alpha value is -2.02. The lowest BCUT2D eigenvalue weighted by molar-refractivity contribution is -0.116. The zero-order valence-corrected chi connectivity index (χ0v) is 9.43. The van der Waals surface area contributed by atoms with Crippen LogP contribution in [0.2, 0.25) is 0 Å². The van der Waals surface area contributed by atoms with Crippen LogP contribution in [0.4, 0.5) is 5.69 Å². The lowest BCUT2D eigenvalue weighted by atomic mass is 10.2. The van der Waals surface area contributed by atoms with Crippen molar-refractivity contribution in [3.8, 4) is 11.8 Å². The van der Waals surface area contributed by atoms with Crippen LogP contribution in [-0.4, -0.2) is 26.5 Å². The highest BCUT2D eigenvalue weighted by Gasteiger charge is 2.10. The normalized spacial score (nSPS) is 9.31. The van der Waals surface area contributed by atoms with Crippen LogP contribution in [0.3, 0.4) is 0 Å². The zero-order valence-electron chi connectivity index (χ0n) is 9.43. The first-order chi connectivity index (χ1) is 7.69. The van der Waals surface area contributed by atoms with Gasteiger partial charge in [0.05, 0.1) is 31.8 Å². The molecule has 0 aliphatic rings. The molecule has 4 nitrogen and oxygen atoms in total. The maximum atomic E-state index is 11.3. The van der Waals surface area contributed by atoms with Gasteiger partial charge in [-0.05, 0) is 12.1 Å². The Labute approximate surface area is 95.0 Å². The van der Waals surface area contributed by atoms with Crippen LogP contribution in [0.25, 0.3) is 0 Å². The van der Waals surface area contributed by atoms with Crippen LogP contribution >= 0.6 is 0 Å². The minimum Gasteiger partial charge on any atom is -0.495 e. The van der Waals surface area contributed by atoms with Gasteiger partial charge in [-0.15, -0.1) is 0 Å². The molecule has 0 unspecified atom stereocenters. The lowest BCUT2D eigenvalue weighted by Gasteiger charge is -2.20. The summed E-state index contributed by atoms with van der Waals surface area (Å²) in [6.45, 7) is 0.216. The van der Waals surface area contributed by atoms with Crippen LogP contribution in [0.15, 0.2) is 24.3 Å². The molecule has 0 radical (unpaired) electrons. The monoisotopic (exact) mass is 218 g/mol. The molecule has 1 aromatic rings. The molecule has 4 heteroatoms. The second-order valence-electron chi connectivity index (χ2n) is 3.40. The van der Waals surface area contributed by atoms with E-state index in [9.17, 15) is 4.79 Å². The maximum Gasteiger partial charge on any atom is 0.166 e. The molecule has 0 spiro atoms. The second kappa shape index (κ2) is 5.76. The molecule has 0 saturated carbocycles. The Morgan fingerprint density at radius 3 is 2.81 bits per heavy atom. The van der Waals surface area contributed by atoms with Crippen molar-refractivity contribution in [3.63, 3.8) is 0 Å². The van der Waals surface area contributed by atoms with Crippen LogP contribution in [0, 0.1) is 11.3 Å². The number of anilines is 1. The molecule has 0 fully saturated rings. The van der Waals surface area contributed by atoms with Crippen molar-refractivity contribution >= 4 is 11.5 Å². The zero-order chi connectivity index (χ0) is 12.0. The molecule has 0 atom stereocenters. The standard InChI is InChI=1S/C12H14N2O2/c1-14(9-10(15)7-8-13)11-5-3-4-6-12(11)16-2/h3-6H,7,9H2,1-2H3. The minimum atomic E-state index is -0.101. The number of ether oxygens (including phenoxy) is 1. The molecule has 0 aromatic heterocycles. The first-order valence-corrected chi connectivity index (χ1v) is 4.92.